The van der Waals surface area contributed by atoms with Crippen molar-refractivity contribution in [2.24, 2.45) is 0 Å². The van der Waals surface area contributed by atoms with Crippen LogP contribution in [0.5, 0.6) is 0 Å². The van der Waals surface area contributed by atoms with Gasteiger partial charge in [-0.1, -0.05) is 31.9 Å². The lowest BCUT2D eigenvalue weighted by molar-refractivity contribution is 0.338. The van der Waals surface area contributed by atoms with E-state index in [0.717, 1.165) is 0 Å². The highest BCUT2D eigenvalue weighted by atomic mass is 79.9. The van der Waals surface area contributed by atoms with Gasteiger partial charge in [-0.2, -0.15) is 0 Å². The van der Waals surface area contributed by atoms with E-state index in [1.807, 2.05) is 0 Å². The van der Waals surface area contributed by atoms with Crippen LogP contribution in [0.3, 0.4) is 0 Å². The molecule has 0 spiro atoms. The number of halogens is 4. The van der Waals surface area contributed by atoms with E-state index in [1.165, 1.54) is 0 Å². The largest absolute Gasteiger partial charge is 0.391 e. The van der Waals surface area contributed by atoms with E-state index in [2.05, 4.69) is 63.7 Å². The third kappa shape index (κ3) is 4.02. The molecule has 2 N–H and O–H groups in total. The Labute approximate surface area is 104 Å². The van der Waals surface area contributed by atoms with Gasteiger partial charge in [0.25, 0.3) is 0 Å². The molecule has 0 bridgehead atoms. The smallest absolute Gasteiger partial charge is 0.0758 e. The first-order valence-electron chi connectivity index (χ1n) is 2.85. The zero-order chi connectivity index (χ0) is 9.72. The lowest BCUT2D eigenvalue weighted by Crippen LogP contribution is -1.89. The molecule has 0 aromatic rings. The first-order valence-corrected chi connectivity index (χ1v) is 6.02. The molecule has 0 aliphatic heterocycles. The molecule has 0 saturated carbocycles. The standard InChI is InChI=1S/C6H6Br4O2/c7-3(1-11)5(9)6(10)4(8)2-12/h11-12H,1-2H2/b5-3-,6-4-. The number of rotatable bonds is 3. The van der Waals surface area contributed by atoms with Gasteiger partial charge in [0.15, 0.2) is 0 Å². The van der Waals surface area contributed by atoms with E-state index in [0.29, 0.717) is 17.9 Å². The molecule has 0 heterocycles. The average Bonchev–Trinajstić information content (AvgIpc) is 2.12. The first-order chi connectivity index (χ1) is 5.54. The van der Waals surface area contributed by atoms with E-state index in [-0.39, 0.29) is 13.2 Å². The number of hydrogen-bond donors (Lipinski definition) is 2. The quantitative estimate of drug-likeness (QED) is 0.677. The summed E-state index contributed by atoms with van der Waals surface area (Å²) in [6.07, 6.45) is 0. The van der Waals surface area contributed by atoms with Crippen LogP contribution >= 0.6 is 63.7 Å². The molecule has 0 atom stereocenters. The summed E-state index contributed by atoms with van der Waals surface area (Å²) < 4.78 is 2.57. The van der Waals surface area contributed by atoms with Gasteiger partial charge in [0, 0.05) is 17.9 Å². The van der Waals surface area contributed by atoms with Crippen molar-refractivity contribution in [2.75, 3.05) is 13.2 Å². The Kier molecular flexibility index (Phi) is 7.47. The summed E-state index contributed by atoms with van der Waals surface area (Å²) in [6, 6.07) is 0. The Hall–Kier alpha value is 1.32. The summed E-state index contributed by atoms with van der Waals surface area (Å²) >= 11 is 12.8. The zero-order valence-electron chi connectivity index (χ0n) is 5.82. The lowest BCUT2D eigenvalue weighted by atomic mass is 10.4. The Morgan fingerprint density at radius 3 is 1.17 bits per heavy atom. The Morgan fingerprint density at radius 1 is 0.750 bits per heavy atom. The molecule has 0 aliphatic carbocycles. The Bertz CT molecular complexity index is 198. The zero-order valence-corrected chi connectivity index (χ0v) is 12.2. The van der Waals surface area contributed by atoms with Gasteiger partial charge in [-0.25, -0.2) is 0 Å². The predicted molar refractivity (Wildman–Crippen MR) is 63.9 cm³/mol. The van der Waals surface area contributed by atoms with Crippen LogP contribution in [-0.2, 0) is 0 Å². The molecular formula is C6H6Br4O2. The molecule has 0 saturated heterocycles. The third-order valence-electron chi connectivity index (χ3n) is 0.947. The van der Waals surface area contributed by atoms with Crippen LogP contribution in [0, 0.1) is 0 Å². The van der Waals surface area contributed by atoms with E-state index in [4.69, 9.17) is 10.2 Å². The van der Waals surface area contributed by atoms with Crippen LogP contribution in [0.1, 0.15) is 0 Å². The van der Waals surface area contributed by atoms with E-state index < -0.39 is 0 Å². The van der Waals surface area contributed by atoms with Crippen molar-refractivity contribution < 1.29 is 10.2 Å². The minimum absolute atomic E-state index is 0.0958. The van der Waals surface area contributed by atoms with Crippen molar-refractivity contribution in [1.82, 2.24) is 0 Å². The maximum Gasteiger partial charge on any atom is 0.0758 e. The molecule has 0 fully saturated rings. The predicted octanol–water partition coefficient (Wildman–Crippen LogP) is 2.97. The van der Waals surface area contributed by atoms with Crippen molar-refractivity contribution >= 4 is 63.7 Å². The molecule has 0 aromatic carbocycles. The molecule has 0 aromatic heterocycles. The van der Waals surface area contributed by atoms with Gasteiger partial charge >= 0.3 is 0 Å². The van der Waals surface area contributed by atoms with Gasteiger partial charge in [0.05, 0.1) is 13.2 Å². The fourth-order valence-corrected chi connectivity index (χ4v) is 2.03. The van der Waals surface area contributed by atoms with Gasteiger partial charge in [0.1, 0.15) is 0 Å². The molecule has 12 heavy (non-hydrogen) atoms. The summed E-state index contributed by atoms with van der Waals surface area (Å²) in [7, 11) is 0. The molecule has 0 aliphatic rings. The van der Waals surface area contributed by atoms with Gasteiger partial charge < -0.3 is 10.2 Å². The maximum absolute atomic E-state index is 8.75. The molecule has 2 nitrogen and oxygen atoms in total. The highest BCUT2D eigenvalue weighted by Crippen LogP contribution is 2.33. The minimum atomic E-state index is -0.0958. The van der Waals surface area contributed by atoms with Crippen LogP contribution < -0.4 is 0 Å². The molecule has 0 amide bonds. The van der Waals surface area contributed by atoms with Crippen molar-refractivity contribution in [1.29, 1.82) is 0 Å². The van der Waals surface area contributed by atoms with Crippen LogP contribution in [-0.4, -0.2) is 23.4 Å². The number of aliphatic hydroxyl groups is 2. The summed E-state index contributed by atoms with van der Waals surface area (Å²) in [4.78, 5) is 0. The second-order valence-corrected chi connectivity index (χ2v) is 5.25. The molecule has 6 heteroatoms. The summed E-state index contributed by atoms with van der Waals surface area (Å²) in [5.74, 6) is 0. The topological polar surface area (TPSA) is 40.5 Å². The van der Waals surface area contributed by atoms with E-state index in [1.54, 1.807) is 0 Å². The number of aliphatic hydroxyl groups excluding tert-OH is 2. The molecule has 70 valence electrons. The SMILES string of the molecule is OC/C(Br)=C(Br)\C(Br)=C(\Br)CO. The third-order valence-corrected chi connectivity index (χ3v) is 5.59. The Balaban J connectivity index is 4.82. The second kappa shape index (κ2) is 6.73. The Morgan fingerprint density at radius 2 is 1.00 bits per heavy atom. The summed E-state index contributed by atoms with van der Waals surface area (Å²) in [5, 5.41) is 17.5. The monoisotopic (exact) mass is 426 g/mol. The van der Waals surface area contributed by atoms with Gasteiger partial charge in [0.2, 0.25) is 0 Å². The van der Waals surface area contributed by atoms with Crippen LogP contribution in [0.2, 0.25) is 0 Å². The lowest BCUT2D eigenvalue weighted by Gasteiger charge is -2.02. The fraction of sp³-hybridized carbons (Fsp3) is 0.333. The normalized spacial score (nSPS) is 15.5. The van der Waals surface area contributed by atoms with E-state index in [9.17, 15) is 0 Å². The van der Waals surface area contributed by atoms with Crippen molar-refractivity contribution in [3.05, 3.63) is 17.9 Å². The highest BCUT2D eigenvalue weighted by molar-refractivity contribution is 9.17. The minimum Gasteiger partial charge on any atom is -0.391 e. The number of hydrogen-bond acceptors (Lipinski definition) is 2. The first kappa shape index (κ1) is 13.3. The van der Waals surface area contributed by atoms with Gasteiger partial charge in [-0.3, -0.25) is 0 Å². The van der Waals surface area contributed by atoms with Crippen LogP contribution in [0.15, 0.2) is 17.9 Å². The van der Waals surface area contributed by atoms with E-state index >= 15 is 0 Å². The van der Waals surface area contributed by atoms with Gasteiger partial charge in [-0.15, -0.1) is 0 Å². The van der Waals surface area contributed by atoms with Crippen molar-refractivity contribution in [3.63, 3.8) is 0 Å². The average molecular weight is 430 g/mol. The molecule has 0 rings (SSSR count). The van der Waals surface area contributed by atoms with Crippen molar-refractivity contribution in [2.45, 2.75) is 0 Å². The van der Waals surface area contributed by atoms with Crippen LogP contribution in [0.25, 0.3) is 0 Å². The summed E-state index contributed by atoms with van der Waals surface area (Å²) in [5.41, 5.74) is 0. The number of allylic oxidation sites excluding steroid dienone is 2. The second-order valence-electron chi connectivity index (χ2n) is 1.75. The van der Waals surface area contributed by atoms with Crippen LogP contribution in [0.4, 0.5) is 0 Å². The fourth-order valence-electron chi connectivity index (χ4n) is 0.377. The summed E-state index contributed by atoms with van der Waals surface area (Å²) in [6.45, 7) is -0.192. The van der Waals surface area contributed by atoms with Gasteiger partial charge in [-0.05, 0) is 31.9 Å². The molecule has 0 radical (unpaired) electrons. The maximum atomic E-state index is 8.75. The van der Waals surface area contributed by atoms with Crippen molar-refractivity contribution in [3.8, 4) is 0 Å². The highest BCUT2D eigenvalue weighted by Gasteiger charge is 2.07. The molecular weight excluding hydrogens is 424 g/mol. The molecule has 0 unspecified atom stereocenters.